The number of hydrogen-bond acceptors (Lipinski definition) is 3. The predicted octanol–water partition coefficient (Wildman–Crippen LogP) is 1.80. The van der Waals surface area contributed by atoms with Crippen LogP contribution in [0.4, 0.5) is 5.69 Å². The Labute approximate surface area is 84.7 Å². The van der Waals surface area contributed by atoms with Gasteiger partial charge < -0.3 is 15.2 Å². The Kier molecular flexibility index (Phi) is 3.77. The second-order valence-electron chi connectivity index (χ2n) is 3.41. The zero-order chi connectivity index (χ0) is 10.6. The molecule has 1 unspecified atom stereocenters. The molecule has 1 rings (SSSR count). The Hall–Kier alpha value is -1.22. The molecule has 3 nitrogen and oxygen atoms in total. The maximum Gasteiger partial charge on any atom is 0.119 e. The van der Waals surface area contributed by atoms with E-state index in [-0.39, 0.29) is 6.10 Å². The van der Waals surface area contributed by atoms with Gasteiger partial charge in [-0.25, -0.2) is 0 Å². The summed E-state index contributed by atoms with van der Waals surface area (Å²) in [5, 5.41) is 12.3. The quantitative estimate of drug-likeness (QED) is 0.769. The Morgan fingerprint density at radius 2 is 2.21 bits per heavy atom. The molecule has 0 aromatic heterocycles. The summed E-state index contributed by atoms with van der Waals surface area (Å²) in [5.74, 6) is 0.852. The van der Waals surface area contributed by atoms with E-state index in [1.54, 1.807) is 14.0 Å². The number of nitrogens with one attached hydrogen (secondary N) is 1. The third-order valence-electron chi connectivity index (χ3n) is 2.02. The van der Waals surface area contributed by atoms with Crippen LogP contribution in [0, 0.1) is 6.92 Å². The number of aryl methyl sites for hydroxylation is 1. The highest BCUT2D eigenvalue weighted by Crippen LogP contribution is 2.20. The van der Waals surface area contributed by atoms with Crippen LogP contribution in [0.3, 0.4) is 0 Å². The van der Waals surface area contributed by atoms with Gasteiger partial charge in [0, 0.05) is 12.2 Å². The molecule has 0 saturated heterocycles. The largest absolute Gasteiger partial charge is 0.497 e. The number of hydrogen-bond donors (Lipinski definition) is 2. The normalized spacial score (nSPS) is 12.3. The van der Waals surface area contributed by atoms with E-state index < -0.39 is 0 Å². The van der Waals surface area contributed by atoms with Crippen molar-refractivity contribution in [2.24, 2.45) is 0 Å². The SMILES string of the molecule is COc1ccc(NCC(C)O)c(C)c1. The molecular weight excluding hydrogens is 178 g/mol. The fourth-order valence-corrected chi connectivity index (χ4v) is 1.22. The van der Waals surface area contributed by atoms with Crippen LogP contribution in [-0.4, -0.2) is 24.9 Å². The molecule has 0 aliphatic carbocycles. The molecule has 0 heterocycles. The lowest BCUT2D eigenvalue weighted by Crippen LogP contribution is -2.15. The molecule has 0 spiro atoms. The average Bonchev–Trinajstić information content (AvgIpc) is 2.15. The molecule has 0 radical (unpaired) electrons. The number of ether oxygens (including phenoxy) is 1. The van der Waals surface area contributed by atoms with Crippen LogP contribution in [0.1, 0.15) is 12.5 Å². The van der Waals surface area contributed by atoms with E-state index in [4.69, 9.17) is 9.84 Å². The van der Waals surface area contributed by atoms with Gasteiger partial charge in [-0.05, 0) is 37.6 Å². The van der Waals surface area contributed by atoms with Gasteiger partial charge in [0.2, 0.25) is 0 Å². The highest BCUT2D eigenvalue weighted by atomic mass is 16.5. The standard InChI is InChI=1S/C11H17NO2/c1-8-6-10(14-3)4-5-11(8)12-7-9(2)13/h4-6,9,12-13H,7H2,1-3H3. The van der Waals surface area contributed by atoms with Gasteiger partial charge in [0.15, 0.2) is 0 Å². The van der Waals surface area contributed by atoms with Crippen LogP contribution in [0.15, 0.2) is 18.2 Å². The first-order valence-electron chi connectivity index (χ1n) is 4.70. The number of aliphatic hydroxyl groups is 1. The van der Waals surface area contributed by atoms with Gasteiger partial charge >= 0.3 is 0 Å². The lowest BCUT2D eigenvalue weighted by atomic mass is 10.2. The Balaban J connectivity index is 2.69. The zero-order valence-electron chi connectivity index (χ0n) is 8.87. The highest BCUT2D eigenvalue weighted by molar-refractivity contribution is 5.53. The second kappa shape index (κ2) is 4.86. The first-order chi connectivity index (χ1) is 6.63. The average molecular weight is 195 g/mol. The third kappa shape index (κ3) is 2.92. The van der Waals surface area contributed by atoms with Gasteiger partial charge in [-0.2, -0.15) is 0 Å². The monoisotopic (exact) mass is 195 g/mol. The van der Waals surface area contributed by atoms with Crippen molar-refractivity contribution in [3.63, 3.8) is 0 Å². The first-order valence-corrected chi connectivity index (χ1v) is 4.70. The molecule has 0 bridgehead atoms. The van der Waals surface area contributed by atoms with Crippen LogP contribution in [0.2, 0.25) is 0 Å². The first kappa shape index (κ1) is 10.9. The predicted molar refractivity (Wildman–Crippen MR) is 57.9 cm³/mol. The van der Waals surface area contributed by atoms with Crippen molar-refractivity contribution in [2.75, 3.05) is 19.0 Å². The smallest absolute Gasteiger partial charge is 0.119 e. The topological polar surface area (TPSA) is 41.5 Å². The minimum Gasteiger partial charge on any atom is -0.497 e. The summed E-state index contributed by atoms with van der Waals surface area (Å²) in [5.41, 5.74) is 2.15. The molecular formula is C11H17NO2. The van der Waals surface area contributed by atoms with E-state index in [0.717, 1.165) is 17.0 Å². The Morgan fingerprint density at radius 1 is 1.50 bits per heavy atom. The van der Waals surface area contributed by atoms with Gasteiger partial charge in [-0.15, -0.1) is 0 Å². The fourth-order valence-electron chi connectivity index (χ4n) is 1.22. The fraction of sp³-hybridized carbons (Fsp3) is 0.455. The van der Waals surface area contributed by atoms with Gasteiger partial charge in [0.25, 0.3) is 0 Å². The maximum absolute atomic E-state index is 9.12. The van der Waals surface area contributed by atoms with Crippen molar-refractivity contribution in [1.29, 1.82) is 0 Å². The van der Waals surface area contributed by atoms with Gasteiger partial charge in [-0.3, -0.25) is 0 Å². The molecule has 3 heteroatoms. The lowest BCUT2D eigenvalue weighted by Gasteiger charge is -2.11. The van der Waals surface area contributed by atoms with Crippen molar-refractivity contribution in [1.82, 2.24) is 0 Å². The lowest BCUT2D eigenvalue weighted by molar-refractivity contribution is 0.208. The van der Waals surface area contributed by atoms with Crippen molar-refractivity contribution in [2.45, 2.75) is 20.0 Å². The van der Waals surface area contributed by atoms with Crippen molar-refractivity contribution in [3.8, 4) is 5.75 Å². The minimum atomic E-state index is -0.337. The van der Waals surface area contributed by atoms with E-state index in [0.29, 0.717) is 6.54 Å². The van der Waals surface area contributed by atoms with Gasteiger partial charge in [0.1, 0.15) is 5.75 Å². The summed E-state index contributed by atoms with van der Waals surface area (Å²) < 4.78 is 5.10. The zero-order valence-corrected chi connectivity index (χ0v) is 8.87. The molecule has 1 aromatic rings. The summed E-state index contributed by atoms with van der Waals surface area (Å²) in [6, 6.07) is 5.82. The summed E-state index contributed by atoms with van der Waals surface area (Å²) in [6.45, 7) is 4.33. The van der Waals surface area contributed by atoms with E-state index in [9.17, 15) is 0 Å². The summed E-state index contributed by atoms with van der Waals surface area (Å²) in [4.78, 5) is 0. The molecule has 0 amide bonds. The van der Waals surface area contributed by atoms with Crippen molar-refractivity contribution < 1.29 is 9.84 Å². The van der Waals surface area contributed by atoms with Gasteiger partial charge in [0.05, 0.1) is 13.2 Å². The molecule has 2 N–H and O–H groups in total. The molecule has 1 atom stereocenters. The van der Waals surface area contributed by atoms with Crippen LogP contribution in [0.25, 0.3) is 0 Å². The van der Waals surface area contributed by atoms with Crippen LogP contribution < -0.4 is 10.1 Å². The molecule has 0 aliphatic heterocycles. The van der Waals surface area contributed by atoms with Crippen LogP contribution in [-0.2, 0) is 0 Å². The second-order valence-corrected chi connectivity index (χ2v) is 3.41. The minimum absolute atomic E-state index is 0.337. The van der Waals surface area contributed by atoms with E-state index in [1.807, 2.05) is 25.1 Å². The summed E-state index contributed by atoms with van der Waals surface area (Å²) in [6.07, 6.45) is -0.337. The molecule has 0 aliphatic rings. The van der Waals surface area contributed by atoms with Crippen molar-refractivity contribution >= 4 is 5.69 Å². The maximum atomic E-state index is 9.12. The van der Waals surface area contributed by atoms with Gasteiger partial charge in [-0.1, -0.05) is 0 Å². The number of benzene rings is 1. The van der Waals surface area contributed by atoms with E-state index in [2.05, 4.69) is 5.32 Å². The molecule has 0 fully saturated rings. The van der Waals surface area contributed by atoms with Crippen LogP contribution >= 0.6 is 0 Å². The summed E-state index contributed by atoms with van der Waals surface area (Å²) >= 11 is 0. The Bertz CT molecular complexity index is 297. The Morgan fingerprint density at radius 3 is 2.71 bits per heavy atom. The number of aliphatic hydroxyl groups excluding tert-OH is 1. The van der Waals surface area contributed by atoms with Crippen molar-refractivity contribution in [3.05, 3.63) is 23.8 Å². The highest BCUT2D eigenvalue weighted by Gasteiger charge is 2.01. The third-order valence-corrected chi connectivity index (χ3v) is 2.02. The summed E-state index contributed by atoms with van der Waals surface area (Å²) in [7, 11) is 1.65. The molecule has 78 valence electrons. The van der Waals surface area contributed by atoms with E-state index in [1.165, 1.54) is 0 Å². The molecule has 14 heavy (non-hydrogen) atoms. The van der Waals surface area contributed by atoms with Crippen LogP contribution in [0.5, 0.6) is 5.75 Å². The molecule has 1 aromatic carbocycles. The van der Waals surface area contributed by atoms with E-state index >= 15 is 0 Å². The number of anilines is 1. The molecule has 0 saturated carbocycles. The number of rotatable bonds is 4. The number of methoxy groups -OCH3 is 1.